The van der Waals surface area contributed by atoms with E-state index in [1.807, 2.05) is 13.8 Å². The number of epoxide rings is 1. The molecule has 16 atom stereocenters. The molecule has 0 radical (unpaired) electrons. The maximum absolute atomic E-state index is 12.8. The van der Waals surface area contributed by atoms with E-state index >= 15 is 0 Å². The lowest BCUT2D eigenvalue weighted by Gasteiger charge is -2.65. The first-order chi connectivity index (χ1) is 19.8. The molecule has 1 aromatic heterocycles. The van der Waals surface area contributed by atoms with Crippen LogP contribution in [-0.4, -0.2) is 93.5 Å². The molecule has 4 saturated carbocycles. The molecule has 0 unspecified atom stereocenters. The summed E-state index contributed by atoms with van der Waals surface area (Å²) in [6.07, 6.45) is -1.40. The third kappa shape index (κ3) is 3.15. The van der Waals surface area contributed by atoms with Crippen molar-refractivity contribution in [3.63, 3.8) is 0 Å². The molecular formula is C31H42O11. The molecular weight excluding hydrogens is 548 g/mol. The predicted octanol–water partition coefficient (Wildman–Crippen LogP) is 1.19. The monoisotopic (exact) mass is 590 g/mol. The largest absolute Gasteiger partial charge is 0.431 e. The Hall–Kier alpha value is -1.41. The maximum atomic E-state index is 12.8. The lowest BCUT2D eigenvalue weighted by molar-refractivity contribution is -0.352. The van der Waals surface area contributed by atoms with Crippen LogP contribution in [0.2, 0.25) is 0 Å². The second-order valence-electron chi connectivity index (χ2n) is 14.6. The molecule has 8 rings (SSSR count). The quantitative estimate of drug-likeness (QED) is 0.289. The Kier molecular flexibility index (Phi) is 5.78. The minimum absolute atomic E-state index is 0.0504. The smallest absolute Gasteiger partial charge is 0.335 e. The first-order valence-electron chi connectivity index (χ1n) is 15.4. The van der Waals surface area contributed by atoms with Crippen LogP contribution >= 0.6 is 0 Å². The van der Waals surface area contributed by atoms with Gasteiger partial charge < -0.3 is 48.5 Å². The Morgan fingerprint density at radius 1 is 1.00 bits per heavy atom. The highest BCUT2D eigenvalue weighted by Gasteiger charge is 2.88. The summed E-state index contributed by atoms with van der Waals surface area (Å²) in [6, 6.07) is 3.04. The Morgan fingerprint density at radius 3 is 2.50 bits per heavy atom. The summed E-state index contributed by atoms with van der Waals surface area (Å²) < 4.78 is 36.6. The molecule has 2 bridgehead atoms. The molecule has 4 N–H and O–H groups in total. The normalized spacial score (nSPS) is 59.4. The van der Waals surface area contributed by atoms with Crippen LogP contribution in [0.25, 0.3) is 0 Å². The minimum Gasteiger partial charge on any atom is -0.431 e. The molecule has 4 heterocycles. The van der Waals surface area contributed by atoms with Crippen molar-refractivity contribution >= 4 is 0 Å². The van der Waals surface area contributed by atoms with E-state index in [1.54, 1.807) is 6.07 Å². The fraction of sp³-hybridized carbons (Fsp3) is 0.839. The molecule has 0 aromatic carbocycles. The van der Waals surface area contributed by atoms with Gasteiger partial charge in [0.05, 0.1) is 42.9 Å². The number of hydrogen-bond acceptors (Lipinski definition) is 11. The number of ether oxygens (including phenoxy) is 5. The Labute approximate surface area is 244 Å². The molecule has 7 aliphatic rings. The fourth-order valence-corrected chi connectivity index (χ4v) is 11.0. The second kappa shape index (κ2) is 8.64. The van der Waals surface area contributed by atoms with E-state index in [4.69, 9.17) is 28.1 Å². The molecule has 0 amide bonds. The summed E-state index contributed by atoms with van der Waals surface area (Å²) in [7, 11) is 1.52. The number of hydrogen-bond donors (Lipinski definition) is 4. The van der Waals surface area contributed by atoms with E-state index in [0.717, 1.165) is 0 Å². The van der Waals surface area contributed by atoms with E-state index in [9.17, 15) is 25.2 Å². The van der Waals surface area contributed by atoms with Crippen LogP contribution in [-0.2, 0) is 23.7 Å². The highest BCUT2D eigenvalue weighted by molar-refractivity contribution is 5.39. The van der Waals surface area contributed by atoms with Gasteiger partial charge in [0, 0.05) is 30.9 Å². The third-order valence-electron chi connectivity index (χ3n) is 13.0. The van der Waals surface area contributed by atoms with Crippen molar-refractivity contribution in [2.24, 2.45) is 22.7 Å². The minimum atomic E-state index is -1.43. The highest BCUT2D eigenvalue weighted by atomic mass is 16.8. The Morgan fingerprint density at radius 2 is 1.79 bits per heavy atom. The van der Waals surface area contributed by atoms with Gasteiger partial charge in [0.15, 0.2) is 12.4 Å². The summed E-state index contributed by atoms with van der Waals surface area (Å²) in [5, 5.41) is 48.0. The number of aliphatic hydroxyl groups excluding tert-OH is 3. The van der Waals surface area contributed by atoms with Gasteiger partial charge in [-0.05, 0) is 67.9 Å². The fourth-order valence-electron chi connectivity index (χ4n) is 11.0. The first-order valence-corrected chi connectivity index (χ1v) is 15.4. The van der Waals surface area contributed by atoms with Crippen LogP contribution in [0, 0.1) is 22.7 Å². The van der Waals surface area contributed by atoms with E-state index < -0.39 is 70.1 Å². The lowest BCUT2D eigenvalue weighted by Crippen LogP contribution is -2.77. The molecule has 42 heavy (non-hydrogen) atoms. The van der Waals surface area contributed by atoms with Gasteiger partial charge in [-0.1, -0.05) is 13.8 Å². The van der Waals surface area contributed by atoms with Crippen molar-refractivity contribution in [3.8, 4) is 0 Å². The molecule has 4 aliphatic carbocycles. The average molecular weight is 591 g/mol. The molecule has 232 valence electrons. The summed E-state index contributed by atoms with van der Waals surface area (Å²) in [6.45, 7) is 5.86. The van der Waals surface area contributed by atoms with Crippen molar-refractivity contribution in [1.29, 1.82) is 0 Å². The number of rotatable bonds is 2. The van der Waals surface area contributed by atoms with Crippen molar-refractivity contribution in [2.75, 3.05) is 7.11 Å². The van der Waals surface area contributed by atoms with Gasteiger partial charge in [0.25, 0.3) is 0 Å². The van der Waals surface area contributed by atoms with Crippen LogP contribution in [0.1, 0.15) is 70.8 Å². The van der Waals surface area contributed by atoms with Gasteiger partial charge >= 0.3 is 5.63 Å². The lowest BCUT2D eigenvalue weighted by atomic mass is 9.41. The second-order valence-corrected chi connectivity index (χ2v) is 14.6. The Balaban J connectivity index is 1.18. The van der Waals surface area contributed by atoms with E-state index in [0.29, 0.717) is 44.1 Å². The summed E-state index contributed by atoms with van der Waals surface area (Å²) >= 11 is 0. The first kappa shape index (κ1) is 28.1. The van der Waals surface area contributed by atoms with Gasteiger partial charge in [-0.15, -0.1) is 0 Å². The number of aliphatic hydroxyl groups is 4. The van der Waals surface area contributed by atoms with Crippen molar-refractivity contribution in [2.45, 2.75) is 131 Å². The molecule has 1 spiro atoms. The Bertz CT molecular complexity index is 1320. The molecule has 11 nitrogen and oxygen atoms in total. The van der Waals surface area contributed by atoms with Crippen LogP contribution in [0.15, 0.2) is 27.6 Å². The van der Waals surface area contributed by atoms with Crippen molar-refractivity contribution in [3.05, 3.63) is 34.4 Å². The predicted molar refractivity (Wildman–Crippen MR) is 143 cm³/mol. The zero-order valence-corrected chi connectivity index (χ0v) is 24.5. The van der Waals surface area contributed by atoms with E-state index in [1.165, 1.54) is 19.4 Å². The topological polar surface area (TPSA) is 161 Å². The van der Waals surface area contributed by atoms with Crippen LogP contribution in [0.3, 0.4) is 0 Å². The zero-order chi connectivity index (χ0) is 29.6. The van der Waals surface area contributed by atoms with Gasteiger partial charge in [-0.2, -0.15) is 0 Å². The van der Waals surface area contributed by atoms with Gasteiger partial charge in [-0.25, -0.2) is 4.79 Å². The van der Waals surface area contributed by atoms with Gasteiger partial charge in [-0.3, -0.25) is 0 Å². The van der Waals surface area contributed by atoms with E-state index in [2.05, 4.69) is 6.92 Å². The SMILES string of the molecule is CO[C@@]12C[C@H](C)O[C@@H](O[C@@H]3C[C@@H]4C[C@@H]5O[C@]56[C@H]([C@H](O)[C@@H](O)[C@]5(C)[C@@H](c7ccc(=O)oc7)CC[C@@]56O)[C@@]4(C)C[C@H]3O1)[C@@H]2O. The van der Waals surface area contributed by atoms with Crippen LogP contribution in [0.4, 0.5) is 0 Å². The average Bonchev–Trinajstić information content (AvgIpc) is 3.61. The van der Waals surface area contributed by atoms with Crippen molar-refractivity contribution in [1.82, 2.24) is 0 Å². The maximum Gasteiger partial charge on any atom is 0.335 e. The van der Waals surface area contributed by atoms with E-state index in [-0.39, 0.29) is 30.1 Å². The van der Waals surface area contributed by atoms with Gasteiger partial charge in [0.2, 0.25) is 5.79 Å². The summed E-state index contributed by atoms with van der Waals surface area (Å²) in [5.74, 6) is -2.16. The zero-order valence-electron chi connectivity index (χ0n) is 24.5. The summed E-state index contributed by atoms with van der Waals surface area (Å²) in [4.78, 5) is 11.7. The van der Waals surface area contributed by atoms with Crippen LogP contribution < -0.4 is 5.63 Å². The molecule has 7 fully saturated rings. The van der Waals surface area contributed by atoms with Gasteiger partial charge in [0.1, 0.15) is 11.2 Å². The number of fused-ring (bicyclic) bond motifs is 6. The standard InChI is InChI=1S/C31H42O11/c1-14-11-29(37-4)25(35)26(39-14)40-18-9-16-10-20-31(42-20)23(27(16,2)12-19(18)41-29)22(33)24(34)28(3)17(7-8-30(28,31)36)15-5-6-21(32)38-13-15/h5-6,13-14,16-20,22-26,33-36H,7-12H2,1-4H3/t14-,16+,17+,18+,19+,20-,22-,23+,24+,25-,26-,27-,28-,29-,30+,31-/m0/s1. The van der Waals surface area contributed by atoms with Crippen molar-refractivity contribution < 1.29 is 48.5 Å². The molecule has 3 aliphatic heterocycles. The van der Waals surface area contributed by atoms with Crippen LogP contribution in [0.5, 0.6) is 0 Å². The third-order valence-corrected chi connectivity index (χ3v) is 13.0. The summed E-state index contributed by atoms with van der Waals surface area (Å²) in [5.41, 5.74) is -3.96. The molecule has 3 saturated heterocycles. The number of methoxy groups -OCH3 is 1. The highest BCUT2D eigenvalue weighted by Crippen LogP contribution is 2.78. The molecule has 1 aromatic rings. The molecule has 11 heteroatoms.